The number of benzene rings is 1. The van der Waals surface area contributed by atoms with Gasteiger partial charge in [-0.2, -0.15) is 0 Å². The number of amides is 2. The van der Waals surface area contributed by atoms with Gasteiger partial charge in [0.15, 0.2) is 11.5 Å². The van der Waals surface area contributed by atoms with E-state index in [4.69, 9.17) is 14.2 Å². The van der Waals surface area contributed by atoms with Crippen molar-refractivity contribution in [1.29, 1.82) is 0 Å². The largest absolute Gasteiger partial charge is 0.493 e. The number of anilines is 1. The number of hydrogen-bond acceptors (Lipinski definition) is 6. The van der Waals surface area contributed by atoms with Crippen LogP contribution in [0.3, 0.4) is 0 Å². The standard InChI is InChI=1S/C22H34N4O4/c1-6-8-24(9-7-2)10-11-25-12-14-26(15-13-25)22(27)23-18-16-19(28-3)21(30-5)20(17-18)29-4/h6-7,16-17H,1-2,8-15H2,3-5H3,(H,23,27). The summed E-state index contributed by atoms with van der Waals surface area (Å²) in [6.07, 6.45) is 3.82. The smallest absolute Gasteiger partial charge is 0.321 e. The summed E-state index contributed by atoms with van der Waals surface area (Å²) in [6.45, 7) is 14.3. The quantitative estimate of drug-likeness (QED) is 0.557. The second kappa shape index (κ2) is 12.1. The van der Waals surface area contributed by atoms with Crippen LogP contribution >= 0.6 is 0 Å². The molecule has 0 aromatic heterocycles. The lowest BCUT2D eigenvalue weighted by molar-refractivity contribution is 0.137. The first-order valence-corrected chi connectivity index (χ1v) is 10.1. The van der Waals surface area contributed by atoms with Gasteiger partial charge in [0, 0.05) is 64.5 Å². The average molecular weight is 419 g/mol. The van der Waals surface area contributed by atoms with Crippen LogP contribution in [0, 0.1) is 0 Å². The Morgan fingerprint density at radius 1 is 1.03 bits per heavy atom. The van der Waals surface area contributed by atoms with Crippen LogP contribution in [0.5, 0.6) is 17.2 Å². The predicted molar refractivity (Wildman–Crippen MR) is 120 cm³/mol. The maximum Gasteiger partial charge on any atom is 0.321 e. The van der Waals surface area contributed by atoms with Crippen molar-refractivity contribution in [1.82, 2.24) is 14.7 Å². The minimum absolute atomic E-state index is 0.135. The highest BCUT2D eigenvalue weighted by molar-refractivity contribution is 5.90. The Balaban J connectivity index is 1.88. The van der Waals surface area contributed by atoms with Gasteiger partial charge in [0.1, 0.15) is 0 Å². The first-order chi connectivity index (χ1) is 14.6. The number of piperazine rings is 1. The topological polar surface area (TPSA) is 66.5 Å². The molecule has 0 bridgehead atoms. The molecule has 8 heteroatoms. The fourth-order valence-electron chi connectivity index (χ4n) is 3.44. The van der Waals surface area contributed by atoms with Gasteiger partial charge in [0.25, 0.3) is 0 Å². The van der Waals surface area contributed by atoms with E-state index < -0.39 is 0 Å². The molecular formula is C22H34N4O4. The number of methoxy groups -OCH3 is 3. The first-order valence-electron chi connectivity index (χ1n) is 10.1. The molecule has 0 spiro atoms. The fourth-order valence-corrected chi connectivity index (χ4v) is 3.44. The summed E-state index contributed by atoms with van der Waals surface area (Å²) in [4.78, 5) is 19.2. The molecular weight excluding hydrogens is 384 g/mol. The molecule has 1 saturated heterocycles. The van der Waals surface area contributed by atoms with Crippen LogP contribution in [0.2, 0.25) is 0 Å². The van der Waals surface area contributed by atoms with E-state index in [0.717, 1.165) is 39.3 Å². The Bertz CT molecular complexity index is 682. The third-order valence-electron chi connectivity index (χ3n) is 5.08. The van der Waals surface area contributed by atoms with Gasteiger partial charge in [-0.05, 0) is 0 Å². The van der Waals surface area contributed by atoms with Crippen molar-refractivity contribution in [2.24, 2.45) is 0 Å². The number of hydrogen-bond donors (Lipinski definition) is 1. The molecule has 0 unspecified atom stereocenters. The van der Waals surface area contributed by atoms with E-state index in [1.54, 1.807) is 33.5 Å². The van der Waals surface area contributed by atoms with Crippen molar-refractivity contribution in [3.8, 4) is 17.2 Å². The van der Waals surface area contributed by atoms with E-state index in [2.05, 4.69) is 28.3 Å². The first kappa shape index (κ1) is 23.6. The maximum atomic E-state index is 12.7. The summed E-state index contributed by atoms with van der Waals surface area (Å²) in [5.74, 6) is 1.50. The summed E-state index contributed by atoms with van der Waals surface area (Å²) >= 11 is 0. The van der Waals surface area contributed by atoms with Crippen LogP contribution in [0.4, 0.5) is 10.5 Å². The summed E-state index contributed by atoms with van der Waals surface area (Å²) in [7, 11) is 4.65. The molecule has 0 atom stereocenters. The van der Waals surface area contributed by atoms with Crippen LogP contribution in [0.15, 0.2) is 37.4 Å². The number of ether oxygens (including phenoxy) is 3. The lowest BCUT2D eigenvalue weighted by Gasteiger charge is -2.35. The molecule has 0 aliphatic carbocycles. The van der Waals surface area contributed by atoms with Gasteiger partial charge in [-0.1, -0.05) is 12.2 Å². The van der Waals surface area contributed by atoms with Gasteiger partial charge in [0.05, 0.1) is 27.0 Å². The lowest BCUT2D eigenvalue weighted by atomic mass is 10.2. The molecule has 8 nitrogen and oxygen atoms in total. The zero-order valence-electron chi connectivity index (χ0n) is 18.4. The minimum atomic E-state index is -0.135. The highest BCUT2D eigenvalue weighted by atomic mass is 16.5. The molecule has 1 aromatic rings. The van der Waals surface area contributed by atoms with Crippen molar-refractivity contribution >= 4 is 11.7 Å². The van der Waals surface area contributed by atoms with E-state index in [0.29, 0.717) is 36.0 Å². The third kappa shape index (κ3) is 6.40. The second-order valence-corrected chi connectivity index (χ2v) is 7.01. The van der Waals surface area contributed by atoms with Gasteiger partial charge in [-0.25, -0.2) is 4.79 Å². The number of nitrogens with one attached hydrogen (secondary N) is 1. The van der Waals surface area contributed by atoms with E-state index in [1.807, 2.05) is 17.1 Å². The Hall–Kier alpha value is -2.71. The molecule has 166 valence electrons. The van der Waals surface area contributed by atoms with Crippen molar-refractivity contribution in [3.05, 3.63) is 37.4 Å². The van der Waals surface area contributed by atoms with Gasteiger partial charge in [0.2, 0.25) is 5.75 Å². The lowest BCUT2D eigenvalue weighted by Crippen LogP contribution is -2.51. The summed E-state index contributed by atoms with van der Waals surface area (Å²) in [5, 5.41) is 2.93. The Labute approximate surface area is 179 Å². The van der Waals surface area contributed by atoms with Crippen molar-refractivity contribution in [2.75, 3.05) is 79.0 Å². The average Bonchev–Trinajstić information content (AvgIpc) is 2.77. The monoisotopic (exact) mass is 418 g/mol. The van der Waals surface area contributed by atoms with E-state index >= 15 is 0 Å². The van der Waals surface area contributed by atoms with Crippen LogP contribution in [-0.2, 0) is 0 Å². The molecule has 1 aliphatic heterocycles. The van der Waals surface area contributed by atoms with Crippen LogP contribution in [0.25, 0.3) is 0 Å². The SMILES string of the molecule is C=CCN(CC=C)CCN1CCN(C(=O)Nc2cc(OC)c(OC)c(OC)c2)CC1. The normalized spacial score (nSPS) is 14.3. The van der Waals surface area contributed by atoms with E-state index in [9.17, 15) is 4.79 Å². The zero-order valence-corrected chi connectivity index (χ0v) is 18.4. The van der Waals surface area contributed by atoms with E-state index in [1.165, 1.54) is 0 Å². The van der Waals surface area contributed by atoms with Crippen molar-refractivity contribution < 1.29 is 19.0 Å². The highest BCUT2D eigenvalue weighted by Gasteiger charge is 2.22. The van der Waals surface area contributed by atoms with Crippen LogP contribution in [0.1, 0.15) is 0 Å². The fraction of sp³-hybridized carbons (Fsp3) is 0.500. The zero-order chi connectivity index (χ0) is 21.9. The molecule has 2 amide bonds. The molecule has 0 radical (unpaired) electrons. The summed E-state index contributed by atoms with van der Waals surface area (Å²) in [5.41, 5.74) is 0.599. The Kier molecular flexibility index (Phi) is 9.50. The predicted octanol–water partition coefficient (Wildman–Crippen LogP) is 2.54. The number of urea groups is 1. The van der Waals surface area contributed by atoms with Gasteiger partial charge in [-0.3, -0.25) is 9.80 Å². The number of nitrogens with zero attached hydrogens (tertiary/aromatic N) is 3. The molecule has 1 heterocycles. The van der Waals surface area contributed by atoms with Gasteiger partial charge >= 0.3 is 6.03 Å². The van der Waals surface area contributed by atoms with Gasteiger partial charge in [-0.15, -0.1) is 13.2 Å². The maximum absolute atomic E-state index is 12.7. The summed E-state index contributed by atoms with van der Waals surface area (Å²) in [6, 6.07) is 3.32. The van der Waals surface area contributed by atoms with Crippen molar-refractivity contribution in [2.45, 2.75) is 0 Å². The highest BCUT2D eigenvalue weighted by Crippen LogP contribution is 2.39. The molecule has 1 fully saturated rings. The second-order valence-electron chi connectivity index (χ2n) is 7.01. The molecule has 1 aromatic carbocycles. The number of carbonyl (C=O) groups is 1. The molecule has 0 saturated carbocycles. The molecule has 1 aliphatic rings. The molecule has 1 N–H and O–H groups in total. The summed E-state index contributed by atoms with van der Waals surface area (Å²) < 4.78 is 16.0. The van der Waals surface area contributed by atoms with Crippen molar-refractivity contribution in [3.63, 3.8) is 0 Å². The van der Waals surface area contributed by atoms with Crippen LogP contribution < -0.4 is 19.5 Å². The Morgan fingerprint density at radius 3 is 2.07 bits per heavy atom. The van der Waals surface area contributed by atoms with Gasteiger partial charge < -0.3 is 24.4 Å². The molecule has 30 heavy (non-hydrogen) atoms. The number of rotatable bonds is 11. The minimum Gasteiger partial charge on any atom is -0.493 e. The third-order valence-corrected chi connectivity index (χ3v) is 5.08. The molecule has 2 rings (SSSR count). The Morgan fingerprint density at radius 2 is 1.60 bits per heavy atom. The van der Waals surface area contributed by atoms with E-state index in [-0.39, 0.29) is 6.03 Å². The van der Waals surface area contributed by atoms with Crippen LogP contribution in [-0.4, -0.2) is 94.4 Å². The number of carbonyl (C=O) groups excluding carboxylic acids is 1.